The van der Waals surface area contributed by atoms with E-state index in [-0.39, 0.29) is 0 Å². The molecular weight excluding hydrogens is 236 g/mol. The maximum absolute atomic E-state index is 9.97. The van der Waals surface area contributed by atoms with Crippen molar-refractivity contribution in [3.63, 3.8) is 0 Å². The predicted octanol–water partition coefficient (Wildman–Crippen LogP) is 1.82. The SMILES string of the molecule is C/C(=N/NC=O)c1oc(Br)cc1C. The molecule has 0 saturated heterocycles. The topological polar surface area (TPSA) is 54.6 Å². The van der Waals surface area contributed by atoms with Crippen LogP contribution in [0.3, 0.4) is 0 Å². The summed E-state index contributed by atoms with van der Waals surface area (Å²) in [6, 6.07) is 1.84. The molecule has 0 aliphatic rings. The molecule has 1 aromatic heterocycles. The molecule has 1 amide bonds. The summed E-state index contributed by atoms with van der Waals surface area (Å²) in [5, 5.41) is 3.77. The van der Waals surface area contributed by atoms with Gasteiger partial charge in [0.05, 0.1) is 0 Å². The molecule has 1 N–H and O–H groups in total. The molecule has 4 nitrogen and oxygen atoms in total. The summed E-state index contributed by atoms with van der Waals surface area (Å²) in [6.07, 6.45) is 0.511. The molecule has 0 bridgehead atoms. The Morgan fingerprint density at radius 1 is 1.77 bits per heavy atom. The van der Waals surface area contributed by atoms with Crippen molar-refractivity contribution < 1.29 is 9.21 Å². The standard InChI is InChI=1S/C8H9BrN2O2/c1-5-3-7(9)13-8(5)6(2)11-10-4-12/h3-4H,1-2H3,(H,10,12)/b11-6-. The van der Waals surface area contributed by atoms with Crippen LogP contribution in [0, 0.1) is 6.92 Å². The second kappa shape index (κ2) is 4.23. The highest BCUT2D eigenvalue weighted by atomic mass is 79.9. The molecule has 0 spiro atoms. The summed E-state index contributed by atoms with van der Waals surface area (Å²) in [4.78, 5) is 9.97. The lowest BCUT2D eigenvalue weighted by molar-refractivity contribution is -0.109. The Bertz CT molecular complexity index is 344. The average Bonchev–Trinajstić information content (AvgIpc) is 2.41. The number of carbonyl (C=O) groups excluding carboxylic acids is 1. The lowest BCUT2D eigenvalue weighted by Gasteiger charge is -1.95. The first-order valence-corrected chi connectivity index (χ1v) is 4.44. The van der Waals surface area contributed by atoms with Crippen LogP contribution in [-0.4, -0.2) is 12.1 Å². The van der Waals surface area contributed by atoms with Crippen LogP contribution in [0.15, 0.2) is 20.3 Å². The smallest absolute Gasteiger partial charge is 0.227 e. The molecule has 1 heterocycles. The Labute approximate surface area is 84.1 Å². The van der Waals surface area contributed by atoms with Gasteiger partial charge in [-0.2, -0.15) is 5.10 Å². The molecule has 5 heteroatoms. The highest BCUT2D eigenvalue weighted by Gasteiger charge is 2.08. The van der Waals surface area contributed by atoms with Gasteiger partial charge in [-0.3, -0.25) is 4.79 Å². The van der Waals surface area contributed by atoms with Gasteiger partial charge in [0, 0.05) is 0 Å². The molecule has 0 fully saturated rings. The molecule has 70 valence electrons. The van der Waals surface area contributed by atoms with Gasteiger partial charge in [0.25, 0.3) is 0 Å². The van der Waals surface area contributed by atoms with Crippen LogP contribution in [0.4, 0.5) is 0 Å². The Kier molecular flexibility index (Phi) is 3.25. The van der Waals surface area contributed by atoms with Crippen molar-refractivity contribution in [1.82, 2.24) is 5.43 Å². The van der Waals surface area contributed by atoms with Gasteiger partial charge in [-0.05, 0) is 41.4 Å². The molecule has 0 radical (unpaired) electrons. The van der Waals surface area contributed by atoms with Crippen molar-refractivity contribution in [2.75, 3.05) is 0 Å². The molecule has 13 heavy (non-hydrogen) atoms. The largest absolute Gasteiger partial charge is 0.448 e. The number of hydrazone groups is 1. The first-order chi connectivity index (χ1) is 6.15. The maximum atomic E-state index is 9.97. The van der Waals surface area contributed by atoms with Gasteiger partial charge in [0.15, 0.2) is 10.4 Å². The summed E-state index contributed by atoms with van der Waals surface area (Å²) in [5.74, 6) is 0.668. The number of nitrogens with one attached hydrogen (secondary N) is 1. The van der Waals surface area contributed by atoms with Crippen molar-refractivity contribution >= 4 is 28.1 Å². The number of halogens is 1. The zero-order valence-corrected chi connectivity index (χ0v) is 8.88. The van der Waals surface area contributed by atoms with E-state index in [1.807, 2.05) is 13.0 Å². The van der Waals surface area contributed by atoms with Crippen LogP contribution in [0.1, 0.15) is 18.2 Å². The summed E-state index contributed by atoms with van der Waals surface area (Å²) >= 11 is 3.21. The zero-order chi connectivity index (χ0) is 9.84. The van der Waals surface area contributed by atoms with E-state index in [4.69, 9.17) is 4.42 Å². The van der Waals surface area contributed by atoms with Crippen LogP contribution < -0.4 is 5.43 Å². The monoisotopic (exact) mass is 244 g/mol. The van der Waals surface area contributed by atoms with Crippen molar-refractivity contribution in [3.8, 4) is 0 Å². The normalized spacial score (nSPS) is 11.5. The second-order valence-corrected chi connectivity index (χ2v) is 3.29. The van der Waals surface area contributed by atoms with Gasteiger partial charge in [-0.15, -0.1) is 0 Å². The predicted molar refractivity (Wildman–Crippen MR) is 52.6 cm³/mol. The Hall–Kier alpha value is -1.10. The number of rotatable bonds is 3. The van der Waals surface area contributed by atoms with E-state index in [2.05, 4.69) is 26.5 Å². The number of furan rings is 1. The van der Waals surface area contributed by atoms with Gasteiger partial charge in [0.1, 0.15) is 5.71 Å². The Morgan fingerprint density at radius 2 is 2.46 bits per heavy atom. The molecule has 1 rings (SSSR count). The van der Waals surface area contributed by atoms with E-state index in [1.54, 1.807) is 6.92 Å². The van der Waals surface area contributed by atoms with Crippen LogP contribution in [0.25, 0.3) is 0 Å². The molecule has 0 unspecified atom stereocenters. The summed E-state index contributed by atoms with van der Waals surface area (Å²) in [5.41, 5.74) is 3.82. The van der Waals surface area contributed by atoms with E-state index in [0.717, 1.165) is 5.56 Å². The van der Waals surface area contributed by atoms with E-state index in [0.29, 0.717) is 22.6 Å². The third kappa shape index (κ3) is 2.42. The van der Waals surface area contributed by atoms with Gasteiger partial charge >= 0.3 is 0 Å². The fourth-order valence-electron chi connectivity index (χ4n) is 0.976. The van der Waals surface area contributed by atoms with Crippen molar-refractivity contribution in [1.29, 1.82) is 0 Å². The maximum Gasteiger partial charge on any atom is 0.227 e. The van der Waals surface area contributed by atoms with Crippen molar-refractivity contribution in [2.45, 2.75) is 13.8 Å². The molecule has 0 aliphatic heterocycles. The van der Waals surface area contributed by atoms with E-state index >= 15 is 0 Å². The third-order valence-corrected chi connectivity index (χ3v) is 1.89. The first-order valence-electron chi connectivity index (χ1n) is 3.65. The van der Waals surface area contributed by atoms with Gasteiger partial charge in [-0.25, -0.2) is 5.43 Å². The van der Waals surface area contributed by atoms with Gasteiger partial charge < -0.3 is 4.42 Å². The molecular formula is C8H9BrN2O2. The Morgan fingerprint density at radius 3 is 2.92 bits per heavy atom. The fraction of sp³-hybridized carbons (Fsp3) is 0.250. The summed E-state index contributed by atoms with van der Waals surface area (Å²) in [7, 11) is 0. The lowest BCUT2D eigenvalue weighted by atomic mass is 10.2. The van der Waals surface area contributed by atoms with Gasteiger partial charge in [-0.1, -0.05) is 0 Å². The zero-order valence-electron chi connectivity index (χ0n) is 7.30. The number of aryl methyl sites for hydroxylation is 1. The number of nitrogens with zero attached hydrogens (tertiary/aromatic N) is 1. The minimum atomic E-state index is 0.511. The lowest BCUT2D eigenvalue weighted by Crippen LogP contribution is -2.06. The number of amides is 1. The van der Waals surface area contributed by atoms with E-state index in [1.165, 1.54) is 0 Å². The first kappa shape index (κ1) is 9.98. The number of hydrogen-bond donors (Lipinski definition) is 1. The van der Waals surface area contributed by atoms with Crippen LogP contribution in [0.2, 0.25) is 0 Å². The second-order valence-electron chi connectivity index (χ2n) is 2.51. The average molecular weight is 245 g/mol. The van der Waals surface area contributed by atoms with Crippen LogP contribution >= 0.6 is 15.9 Å². The van der Waals surface area contributed by atoms with Crippen LogP contribution in [0.5, 0.6) is 0 Å². The number of carbonyl (C=O) groups is 1. The molecule has 0 atom stereocenters. The fourth-order valence-corrected chi connectivity index (χ4v) is 1.48. The minimum absolute atomic E-state index is 0.511. The van der Waals surface area contributed by atoms with E-state index in [9.17, 15) is 4.79 Å². The molecule has 0 aliphatic carbocycles. The highest BCUT2D eigenvalue weighted by molar-refractivity contribution is 9.10. The summed E-state index contributed by atoms with van der Waals surface area (Å²) < 4.78 is 5.96. The minimum Gasteiger partial charge on any atom is -0.448 e. The molecule has 0 aromatic carbocycles. The number of hydrogen-bond acceptors (Lipinski definition) is 3. The molecule has 1 aromatic rings. The van der Waals surface area contributed by atoms with E-state index < -0.39 is 0 Å². The Balaban J connectivity index is 2.93. The van der Waals surface area contributed by atoms with Gasteiger partial charge in [0.2, 0.25) is 6.41 Å². The highest BCUT2D eigenvalue weighted by Crippen LogP contribution is 2.19. The van der Waals surface area contributed by atoms with Crippen molar-refractivity contribution in [2.24, 2.45) is 5.10 Å². The van der Waals surface area contributed by atoms with Crippen LogP contribution in [-0.2, 0) is 4.79 Å². The third-order valence-electron chi connectivity index (χ3n) is 1.50. The molecule has 0 saturated carbocycles. The summed E-state index contributed by atoms with van der Waals surface area (Å²) in [6.45, 7) is 3.66. The van der Waals surface area contributed by atoms with Crippen molar-refractivity contribution in [3.05, 3.63) is 22.1 Å². The quantitative estimate of drug-likeness (QED) is 0.501.